The van der Waals surface area contributed by atoms with Crippen LogP contribution in [0, 0.1) is 6.92 Å². The molecule has 1 unspecified atom stereocenters. The van der Waals surface area contributed by atoms with Crippen molar-refractivity contribution < 1.29 is 17.9 Å². The van der Waals surface area contributed by atoms with Crippen LogP contribution in [-0.2, 0) is 10.0 Å². The van der Waals surface area contributed by atoms with Gasteiger partial charge in [-0.05, 0) is 43.7 Å². The Labute approximate surface area is 137 Å². The third kappa shape index (κ3) is 4.03. The molecule has 6 heteroatoms. The molecule has 0 saturated heterocycles. The molecular formula is C17H21NO4S. The number of sulfonamides is 1. The van der Waals surface area contributed by atoms with Gasteiger partial charge in [0.2, 0.25) is 10.0 Å². The minimum atomic E-state index is -3.58. The van der Waals surface area contributed by atoms with E-state index in [0.717, 1.165) is 11.1 Å². The SMILES string of the molecule is COc1ccc(C(C)NS(=O)(=O)c2ccc(C)cc2)cc1OC. The van der Waals surface area contributed by atoms with Gasteiger partial charge in [-0.3, -0.25) is 0 Å². The van der Waals surface area contributed by atoms with E-state index in [1.165, 1.54) is 0 Å². The van der Waals surface area contributed by atoms with Gasteiger partial charge < -0.3 is 9.47 Å². The van der Waals surface area contributed by atoms with E-state index in [-0.39, 0.29) is 4.90 Å². The fourth-order valence-electron chi connectivity index (χ4n) is 2.21. The van der Waals surface area contributed by atoms with Crippen molar-refractivity contribution >= 4 is 10.0 Å². The molecule has 0 aliphatic carbocycles. The summed E-state index contributed by atoms with van der Waals surface area (Å²) in [6.45, 7) is 3.70. The van der Waals surface area contributed by atoms with Crippen molar-refractivity contribution in [1.82, 2.24) is 4.72 Å². The Morgan fingerprint density at radius 1 is 0.957 bits per heavy atom. The summed E-state index contributed by atoms with van der Waals surface area (Å²) >= 11 is 0. The average Bonchev–Trinajstić information content (AvgIpc) is 2.54. The van der Waals surface area contributed by atoms with Crippen LogP contribution in [0.4, 0.5) is 0 Å². The molecule has 2 aromatic rings. The van der Waals surface area contributed by atoms with E-state index in [2.05, 4.69) is 4.72 Å². The standard InChI is InChI=1S/C17H21NO4S/c1-12-5-8-15(9-6-12)23(19,20)18-13(2)14-7-10-16(21-3)17(11-14)22-4/h5-11,13,18H,1-4H3. The first-order valence-corrected chi connectivity index (χ1v) is 8.66. The van der Waals surface area contributed by atoms with Gasteiger partial charge >= 0.3 is 0 Å². The summed E-state index contributed by atoms with van der Waals surface area (Å²) in [5.41, 5.74) is 1.80. The maximum atomic E-state index is 12.4. The molecule has 0 radical (unpaired) electrons. The lowest BCUT2D eigenvalue weighted by atomic mass is 10.1. The molecule has 23 heavy (non-hydrogen) atoms. The summed E-state index contributed by atoms with van der Waals surface area (Å²) in [6.07, 6.45) is 0. The highest BCUT2D eigenvalue weighted by Gasteiger charge is 2.19. The van der Waals surface area contributed by atoms with E-state index in [9.17, 15) is 8.42 Å². The van der Waals surface area contributed by atoms with Gasteiger partial charge in [-0.2, -0.15) is 0 Å². The van der Waals surface area contributed by atoms with Gasteiger partial charge in [-0.25, -0.2) is 13.1 Å². The Balaban J connectivity index is 2.24. The Morgan fingerprint density at radius 2 is 1.57 bits per heavy atom. The highest BCUT2D eigenvalue weighted by Crippen LogP contribution is 2.30. The summed E-state index contributed by atoms with van der Waals surface area (Å²) in [7, 11) is -0.481. The van der Waals surface area contributed by atoms with Gasteiger partial charge in [0, 0.05) is 6.04 Å². The van der Waals surface area contributed by atoms with Crippen LogP contribution in [0.1, 0.15) is 24.1 Å². The van der Waals surface area contributed by atoms with Crippen molar-refractivity contribution in [3.8, 4) is 11.5 Å². The Bertz CT molecular complexity index is 770. The van der Waals surface area contributed by atoms with Crippen molar-refractivity contribution in [1.29, 1.82) is 0 Å². The number of hydrogen-bond acceptors (Lipinski definition) is 4. The average molecular weight is 335 g/mol. The molecule has 0 bridgehead atoms. The Hall–Kier alpha value is -2.05. The first kappa shape index (κ1) is 17.3. The lowest BCUT2D eigenvalue weighted by molar-refractivity contribution is 0.354. The summed E-state index contributed by atoms with van der Waals surface area (Å²) in [6, 6.07) is 11.7. The van der Waals surface area contributed by atoms with E-state index < -0.39 is 16.1 Å². The molecule has 0 spiro atoms. The van der Waals surface area contributed by atoms with Crippen LogP contribution in [0.3, 0.4) is 0 Å². The molecule has 0 heterocycles. The van der Waals surface area contributed by atoms with Crippen LogP contribution in [0.5, 0.6) is 11.5 Å². The highest BCUT2D eigenvalue weighted by atomic mass is 32.2. The van der Waals surface area contributed by atoms with Crippen LogP contribution < -0.4 is 14.2 Å². The van der Waals surface area contributed by atoms with Crippen molar-refractivity contribution in [2.75, 3.05) is 14.2 Å². The molecule has 1 atom stereocenters. The molecule has 124 valence electrons. The molecule has 0 aromatic heterocycles. The monoisotopic (exact) mass is 335 g/mol. The van der Waals surface area contributed by atoms with Gasteiger partial charge in [0.15, 0.2) is 11.5 Å². The molecule has 0 aliphatic rings. The summed E-state index contributed by atoms with van der Waals surface area (Å²) < 4.78 is 38.0. The minimum absolute atomic E-state index is 0.246. The van der Waals surface area contributed by atoms with E-state index in [1.54, 1.807) is 57.5 Å². The van der Waals surface area contributed by atoms with E-state index in [4.69, 9.17) is 9.47 Å². The zero-order valence-electron chi connectivity index (χ0n) is 13.7. The second-order valence-electron chi connectivity index (χ2n) is 5.27. The highest BCUT2D eigenvalue weighted by molar-refractivity contribution is 7.89. The number of nitrogens with one attached hydrogen (secondary N) is 1. The smallest absolute Gasteiger partial charge is 0.241 e. The number of aryl methyl sites for hydroxylation is 1. The number of methoxy groups -OCH3 is 2. The second-order valence-corrected chi connectivity index (χ2v) is 6.98. The maximum absolute atomic E-state index is 12.4. The van der Waals surface area contributed by atoms with Crippen molar-refractivity contribution in [2.45, 2.75) is 24.8 Å². The van der Waals surface area contributed by atoms with E-state index in [1.807, 2.05) is 13.0 Å². The first-order valence-electron chi connectivity index (χ1n) is 7.18. The van der Waals surface area contributed by atoms with Gasteiger partial charge in [-0.1, -0.05) is 23.8 Å². The maximum Gasteiger partial charge on any atom is 0.241 e. The molecule has 2 rings (SSSR count). The zero-order chi connectivity index (χ0) is 17.0. The Morgan fingerprint density at radius 3 is 2.13 bits per heavy atom. The van der Waals surface area contributed by atoms with Crippen LogP contribution in [0.25, 0.3) is 0 Å². The quantitative estimate of drug-likeness (QED) is 0.881. The number of rotatable bonds is 6. The van der Waals surface area contributed by atoms with Crippen molar-refractivity contribution in [2.24, 2.45) is 0 Å². The summed E-state index contributed by atoms with van der Waals surface area (Å²) in [4.78, 5) is 0.246. The van der Waals surface area contributed by atoms with Gasteiger partial charge in [-0.15, -0.1) is 0 Å². The van der Waals surface area contributed by atoms with Crippen LogP contribution in [-0.4, -0.2) is 22.6 Å². The number of ether oxygens (including phenoxy) is 2. The molecular weight excluding hydrogens is 314 g/mol. The number of benzene rings is 2. The normalized spacial score (nSPS) is 12.7. The summed E-state index contributed by atoms with van der Waals surface area (Å²) in [5, 5.41) is 0. The topological polar surface area (TPSA) is 64.6 Å². The molecule has 5 nitrogen and oxygen atoms in total. The third-order valence-corrected chi connectivity index (χ3v) is 5.13. The fourth-order valence-corrected chi connectivity index (χ4v) is 3.44. The van der Waals surface area contributed by atoms with E-state index >= 15 is 0 Å². The molecule has 0 aliphatic heterocycles. The van der Waals surface area contributed by atoms with Crippen LogP contribution in [0.2, 0.25) is 0 Å². The second kappa shape index (κ2) is 7.02. The predicted octanol–water partition coefficient (Wildman–Crippen LogP) is 3.05. The third-order valence-electron chi connectivity index (χ3n) is 3.57. The zero-order valence-corrected chi connectivity index (χ0v) is 14.5. The lowest BCUT2D eigenvalue weighted by Gasteiger charge is -2.17. The van der Waals surface area contributed by atoms with Crippen molar-refractivity contribution in [3.63, 3.8) is 0 Å². The van der Waals surface area contributed by atoms with Crippen molar-refractivity contribution in [3.05, 3.63) is 53.6 Å². The molecule has 0 amide bonds. The molecule has 0 fully saturated rings. The molecule has 2 aromatic carbocycles. The first-order chi connectivity index (χ1) is 10.9. The van der Waals surface area contributed by atoms with Crippen LogP contribution in [0.15, 0.2) is 47.4 Å². The van der Waals surface area contributed by atoms with Gasteiger partial charge in [0.25, 0.3) is 0 Å². The predicted molar refractivity (Wildman–Crippen MR) is 89.5 cm³/mol. The number of hydrogen-bond donors (Lipinski definition) is 1. The minimum Gasteiger partial charge on any atom is -0.493 e. The largest absolute Gasteiger partial charge is 0.493 e. The van der Waals surface area contributed by atoms with Gasteiger partial charge in [0.1, 0.15) is 0 Å². The summed E-state index contributed by atoms with van der Waals surface area (Å²) in [5.74, 6) is 1.16. The molecule has 1 N–H and O–H groups in total. The lowest BCUT2D eigenvalue weighted by Crippen LogP contribution is -2.26. The van der Waals surface area contributed by atoms with Gasteiger partial charge in [0.05, 0.1) is 19.1 Å². The van der Waals surface area contributed by atoms with Crippen LogP contribution >= 0.6 is 0 Å². The van der Waals surface area contributed by atoms with E-state index in [0.29, 0.717) is 11.5 Å². The molecule has 0 saturated carbocycles. The Kier molecular flexibility index (Phi) is 5.28. The fraction of sp³-hybridized carbons (Fsp3) is 0.294.